The van der Waals surface area contributed by atoms with Crippen LogP contribution in [0.25, 0.3) is 18.2 Å². The van der Waals surface area contributed by atoms with Gasteiger partial charge in [0.15, 0.2) is 0 Å². The Morgan fingerprint density at radius 1 is 0.833 bits per heavy atom. The number of hydrogen-bond acceptors (Lipinski definition) is 3. The van der Waals surface area contributed by atoms with Crippen LogP contribution in [0.4, 0.5) is 5.69 Å². The first-order chi connectivity index (χ1) is 14.5. The van der Waals surface area contributed by atoms with Gasteiger partial charge in [-0.3, -0.25) is 4.79 Å². The second-order valence-corrected chi connectivity index (χ2v) is 6.45. The first-order valence-corrected chi connectivity index (χ1v) is 9.29. The number of amides is 1. The first-order valence-electron chi connectivity index (χ1n) is 9.29. The fourth-order valence-corrected chi connectivity index (χ4v) is 2.80. The second kappa shape index (κ2) is 9.89. The van der Waals surface area contributed by atoms with Crippen LogP contribution in [-0.2, 0) is 4.79 Å². The van der Waals surface area contributed by atoms with Crippen molar-refractivity contribution in [3.63, 3.8) is 0 Å². The van der Waals surface area contributed by atoms with Gasteiger partial charge in [0.25, 0.3) is 0 Å². The maximum Gasteiger partial charge on any atom is 0.337 e. The maximum atomic E-state index is 12.3. The predicted molar refractivity (Wildman–Crippen MR) is 119 cm³/mol. The highest BCUT2D eigenvalue weighted by molar-refractivity contribution is 6.06. The lowest BCUT2D eigenvalue weighted by Gasteiger charge is -2.08. The molecular formula is C25H21NO4. The van der Waals surface area contributed by atoms with Crippen LogP contribution in [0.1, 0.15) is 27.0 Å². The SMILES string of the molecule is COc1cccc(C=Cc2ccc(C(=O)O)c(NC(=O)C=Cc3ccccc3)c2)c1. The molecule has 2 N–H and O–H groups in total. The minimum absolute atomic E-state index is 0.0231. The third kappa shape index (κ3) is 5.69. The van der Waals surface area contributed by atoms with Gasteiger partial charge in [-0.2, -0.15) is 0 Å². The van der Waals surface area contributed by atoms with Crippen LogP contribution >= 0.6 is 0 Å². The fraction of sp³-hybridized carbons (Fsp3) is 0.0400. The lowest BCUT2D eigenvalue weighted by Crippen LogP contribution is -2.12. The van der Waals surface area contributed by atoms with E-state index in [9.17, 15) is 14.7 Å². The van der Waals surface area contributed by atoms with E-state index in [1.54, 1.807) is 25.3 Å². The molecule has 5 heteroatoms. The van der Waals surface area contributed by atoms with Crippen molar-refractivity contribution in [2.24, 2.45) is 0 Å². The zero-order valence-corrected chi connectivity index (χ0v) is 16.4. The van der Waals surface area contributed by atoms with Crippen LogP contribution in [0.15, 0.2) is 78.9 Å². The Labute approximate surface area is 175 Å². The third-order valence-corrected chi connectivity index (χ3v) is 4.32. The number of nitrogens with one attached hydrogen (secondary N) is 1. The molecule has 0 fully saturated rings. The highest BCUT2D eigenvalue weighted by atomic mass is 16.5. The number of carboxylic acids is 1. The summed E-state index contributed by atoms with van der Waals surface area (Å²) in [6, 6.07) is 21.7. The zero-order chi connectivity index (χ0) is 21.3. The number of benzene rings is 3. The molecule has 30 heavy (non-hydrogen) atoms. The zero-order valence-electron chi connectivity index (χ0n) is 16.4. The van der Waals surface area contributed by atoms with Gasteiger partial charge in [-0.25, -0.2) is 4.79 Å². The summed E-state index contributed by atoms with van der Waals surface area (Å²) in [6.07, 6.45) is 6.77. The Morgan fingerprint density at radius 2 is 1.53 bits per heavy atom. The van der Waals surface area contributed by atoms with Crippen LogP contribution in [0.3, 0.4) is 0 Å². The summed E-state index contributed by atoms with van der Waals surface area (Å²) in [5.74, 6) is -0.771. The summed E-state index contributed by atoms with van der Waals surface area (Å²) in [4.78, 5) is 23.8. The average molecular weight is 399 g/mol. The number of carbonyl (C=O) groups excluding carboxylic acids is 1. The molecule has 0 saturated carbocycles. The summed E-state index contributed by atoms with van der Waals surface area (Å²) in [6.45, 7) is 0. The summed E-state index contributed by atoms with van der Waals surface area (Å²) in [5, 5.41) is 12.1. The molecule has 0 aliphatic rings. The number of ether oxygens (including phenoxy) is 1. The van der Waals surface area contributed by atoms with Crippen molar-refractivity contribution in [2.45, 2.75) is 0 Å². The topological polar surface area (TPSA) is 75.6 Å². The van der Waals surface area contributed by atoms with Crippen molar-refractivity contribution < 1.29 is 19.4 Å². The molecule has 0 aliphatic carbocycles. The molecular weight excluding hydrogens is 378 g/mol. The Bertz CT molecular complexity index is 1100. The number of carbonyl (C=O) groups is 2. The largest absolute Gasteiger partial charge is 0.497 e. The van der Waals surface area contributed by atoms with E-state index in [0.717, 1.165) is 22.4 Å². The Balaban J connectivity index is 1.80. The predicted octanol–water partition coefficient (Wildman–Crippen LogP) is 5.22. The van der Waals surface area contributed by atoms with E-state index < -0.39 is 11.9 Å². The third-order valence-electron chi connectivity index (χ3n) is 4.32. The van der Waals surface area contributed by atoms with Crippen LogP contribution in [0, 0.1) is 0 Å². The number of methoxy groups -OCH3 is 1. The Hall–Kier alpha value is -4.12. The minimum Gasteiger partial charge on any atom is -0.497 e. The van der Waals surface area contributed by atoms with E-state index in [2.05, 4.69) is 5.32 Å². The van der Waals surface area contributed by atoms with Gasteiger partial charge in [-0.1, -0.05) is 60.7 Å². The van der Waals surface area contributed by atoms with Gasteiger partial charge in [-0.15, -0.1) is 0 Å². The number of carboxylic acid groups (broad SMARTS) is 1. The standard InChI is InChI=1S/C25H21NO4/c1-30-21-9-5-8-19(16-21)10-11-20-12-14-22(25(28)29)23(17-20)26-24(27)15-13-18-6-3-2-4-7-18/h2-17H,1H3,(H,26,27)(H,28,29). The molecule has 5 nitrogen and oxygen atoms in total. The molecule has 0 aliphatic heterocycles. The average Bonchev–Trinajstić information content (AvgIpc) is 2.77. The molecule has 0 atom stereocenters. The molecule has 150 valence electrons. The molecule has 0 aromatic heterocycles. The minimum atomic E-state index is -1.11. The molecule has 3 aromatic rings. The van der Waals surface area contributed by atoms with Gasteiger partial charge in [0.05, 0.1) is 18.4 Å². The van der Waals surface area contributed by atoms with Crippen molar-refractivity contribution in [1.82, 2.24) is 0 Å². The van der Waals surface area contributed by atoms with Crippen molar-refractivity contribution in [2.75, 3.05) is 12.4 Å². The smallest absolute Gasteiger partial charge is 0.337 e. The highest BCUT2D eigenvalue weighted by Crippen LogP contribution is 2.21. The van der Waals surface area contributed by atoms with E-state index in [0.29, 0.717) is 0 Å². The van der Waals surface area contributed by atoms with Gasteiger partial charge in [-0.05, 0) is 47.0 Å². The Morgan fingerprint density at radius 3 is 2.23 bits per heavy atom. The lowest BCUT2D eigenvalue weighted by molar-refractivity contribution is -0.111. The van der Waals surface area contributed by atoms with Crippen molar-refractivity contribution in [3.05, 3.63) is 101 Å². The Kier molecular flexibility index (Phi) is 6.79. The molecule has 3 rings (SSSR count). The molecule has 0 heterocycles. The van der Waals surface area contributed by atoms with Gasteiger partial charge in [0.2, 0.25) is 5.91 Å². The quantitative estimate of drug-likeness (QED) is 0.422. The van der Waals surface area contributed by atoms with Crippen LogP contribution in [0.5, 0.6) is 5.75 Å². The monoisotopic (exact) mass is 399 g/mol. The van der Waals surface area contributed by atoms with Crippen molar-refractivity contribution in [1.29, 1.82) is 0 Å². The summed E-state index contributed by atoms with van der Waals surface area (Å²) in [5.41, 5.74) is 2.83. The summed E-state index contributed by atoms with van der Waals surface area (Å²) in [7, 11) is 1.61. The fourth-order valence-electron chi connectivity index (χ4n) is 2.80. The van der Waals surface area contributed by atoms with Crippen molar-refractivity contribution in [3.8, 4) is 5.75 Å². The molecule has 0 saturated heterocycles. The van der Waals surface area contributed by atoms with E-state index in [1.165, 1.54) is 12.1 Å². The first kappa shape index (κ1) is 20.6. The molecule has 3 aromatic carbocycles. The van der Waals surface area contributed by atoms with Crippen LogP contribution in [0.2, 0.25) is 0 Å². The van der Waals surface area contributed by atoms with Crippen LogP contribution in [-0.4, -0.2) is 24.1 Å². The van der Waals surface area contributed by atoms with E-state index in [-0.39, 0.29) is 11.3 Å². The highest BCUT2D eigenvalue weighted by Gasteiger charge is 2.12. The number of hydrogen-bond donors (Lipinski definition) is 2. The van der Waals surface area contributed by atoms with E-state index in [4.69, 9.17) is 4.74 Å². The van der Waals surface area contributed by atoms with Crippen LogP contribution < -0.4 is 10.1 Å². The molecule has 0 radical (unpaired) electrons. The van der Waals surface area contributed by atoms with Gasteiger partial charge < -0.3 is 15.2 Å². The van der Waals surface area contributed by atoms with E-state index >= 15 is 0 Å². The molecule has 0 unspecified atom stereocenters. The normalized spacial score (nSPS) is 11.0. The summed E-state index contributed by atoms with van der Waals surface area (Å²) < 4.78 is 5.21. The maximum absolute atomic E-state index is 12.3. The molecule has 0 spiro atoms. The number of anilines is 1. The molecule has 1 amide bonds. The number of aromatic carboxylic acids is 1. The lowest BCUT2D eigenvalue weighted by atomic mass is 10.1. The van der Waals surface area contributed by atoms with Crippen molar-refractivity contribution >= 4 is 35.8 Å². The van der Waals surface area contributed by atoms with Gasteiger partial charge >= 0.3 is 5.97 Å². The van der Waals surface area contributed by atoms with Gasteiger partial charge in [0, 0.05) is 6.08 Å². The van der Waals surface area contributed by atoms with E-state index in [1.807, 2.05) is 66.7 Å². The second-order valence-electron chi connectivity index (χ2n) is 6.45. The number of rotatable bonds is 7. The molecule has 0 bridgehead atoms. The van der Waals surface area contributed by atoms with Gasteiger partial charge in [0.1, 0.15) is 5.75 Å². The summed E-state index contributed by atoms with van der Waals surface area (Å²) >= 11 is 0.